The molecule has 0 saturated heterocycles. The molecule has 4 rings (SSSR count). The summed E-state index contributed by atoms with van der Waals surface area (Å²) in [6, 6.07) is 16.5. The van der Waals surface area contributed by atoms with Crippen LogP contribution in [0, 0.1) is 0 Å². The largest absolute Gasteiger partial charge is 0.323 e. The average molecular weight is 489 g/mol. The second-order valence-electron chi connectivity index (χ2n) is 9.17. The summed E-state index contributed by atoms with van der Waals surface area (Å²) in [6.45, 7) is 8.35. The van der Waals surface area contributed by atoms with Gasteiger partial charge in [-0.2, -0.15) is 0 Å². The molecule has 0 radical (unpaired) electrons. The normalized spacial score (nSPS) is 11.3. The van der Waals surface area contributed by atoms with Crippen LogP contribution in [0.5, 0.6) is 0 Å². The number of para-hydroxylation sites is 1. The van der Waals surface area contributed by atoms with Gasteiger partial charge in [0.1, 0.15) is 11.3 Å². The first-order valence-electron chi connectivity index (χ1n) is 11.6. The monoisotopic (exact) mass is 488 g/mol. The van der Waals surface area contributed by atoms with Crippen molar-refractivity contribution in [3.8, 4) is 11.1 Å². The van der Waals surface area contributed by atoms with E-state index in [9.17, 15) is 9.59 Å². The first-order valence-corrected chi connectivity index (χ1v) is 12.0. The zero-order valence-corrected chi connectivity index (χ0v) is 21.3. The highest BCUT2D eigenvalue weighted by Gasteiger charge is 2.22. The summed E-state index contributed by atoms with van der Waals surface area (Å²) in [5.74, 6) is 0.421. The molecule has 0 aliphatic carbocycles. The zero-order chi connectivity index (χ0) is 25.3. The molecule has 0 bridgehead atoms. The standard InChI is InChI=1S/C28H29ClN4O2/c1-16(2)18-11-8-12-19(17(3)4)24(18)31-28(35)32-25-23(20-10-6-7-14-22(20)29)21-13-9-15-30-26(21)33(5)27(25)34/h6-17H,1-5H3,(H2,31,32,35). The summed E-state index contributed by atoms with van der Waals surface area (Å²) in [7, 11) is 1.64. The first-order chi connectivity index (χ1) is 16.7. The van der Waals surface area contributed by atoms with Gasteiger partial charge >= 0.3 is 6.03 Å². The highest BCUT2D eigenvalue weighted by molar-refractivity contribution is 6.34. The van der Waals surface area contributed by atoms with Crippen molar-refractivity contribution in [3.05, 3.63) is 87.3 Å². The third kappa shape index (κ3) is 4.66. The number of rotatable bonds is 5. The van der Waals surface area contributed by atoms with E-state index in [0.29, 0.717) is 27.2 Å². The Morgan fingerprint density at radius 3 is 2.14 bits per heavy atom. The lowest BCUT2D eigenvalue weighted by Crippen LogP contribution is -2.29. The number of aromatic nitrogens is 2. The van der Waals surface area contributed by atoms with Gasteiger partial charge in [0.05, 0.1) is 0 Å². The molecular formula is C28H29ClN4O2. The van der Waals surface area contributed by atoms with Crippen LogP contribution in [-0.4, -0.2) is 15.6 Å². The van der Waals surface area contributed by atoms with Gasteiger partial charge in [0, 0.05) is 40.5 Å². The fraction of sp³-hybridized carbons (Fsp3) is 0.250. The molecule has 2 aromatic carbocycles. The van der Waals surface area contributed by atoms with E-state index in [1.54, 1.807) is 25.4 Å². The topological polar surface area (TPSA) is 76.0 Å². The molecule has 0 unspecified atom stereocenters. The fourth-order valence-corrected chi connectivity index (χ4v) is 4.61. The maximum Gasteiger partial charge on any atom is 0.323 e. The van der Waals surface area contributed by atoms with Crippen molar-refractivity contribution in [2.75, 3.05) is 10.6 Å². The molecular weight excluding hydrogens is 460 g/mol. The predicted octanol–water partition coefficient (Wildman–Crippen LogP) is 7.14. The minimum Gasteiger partial charge on any atom is -0.307 e. The Kier molecular flexibility index (Phi) is 6.94. The molecule has 7 heteroatoms. The molecule has 2 heterocycles. The highest BCUT2D eigenvalue weighted by Crippen LogP contribution is 2.37. The number of halogens is 1. The summed E-state index contributed by atoms with van der Waals surface area (Å²) >= 11 is 6.54. The van der Waals surface area contributed by atoms with Gasteiger partial charge in [0.2, 0.25) is 0 Å². The summed E-state index contributed by atoms with van der Waals surface area (Å²) in [5, 5.41) is 7.07. The van der Waals surface area contributed by atoms with E-state index in [2.05, 4.69) is 43.3 Å². The van der Waals surface area contributed by atoms with Crippen LogP contribution in [0.2, 0.25) is 5.02 Å². The molecule has 6 nitrogen and oxygen atoms in total. The zero-order valence-electron chi connectivity index (χ0n) is 20.5. The number of nitrogens with one attached hydrogen (secondary N) is 2. The van der Waals surface area contributed by atoms with Crippen molar-refractivity contribution in [2.45, 2.75) is 39.5 Å². The number of hydrogen-bond acceptors (Lipinski definition) is 3. The van der Waals surface area contributed by atoms with Crippen LogP contribution in [-0.2, 0) is 7.05 Å². The number of fused-ring (bicyclic) bond motifs is 1. The van der Waals surface area contributed by atoms with E-state index in [1.165, 1.54) is 4.57 Å². The maximum absolute atomic E-state index is 13.5. The van der Waals surface area contributed by atoms with Crippen LogP contribution in [0.15, 0.2) is 65.6 Å². The molecule has 0 atom stereocenters. The van der Waals surface area contributed by atoms with Gasteiger partial charge in [-0.3, -0.25) is 9.36 Å². The molecule has 2 amide bonds. The number of nitrogens with zero attached hydrogens (tertiary/aromatic N) is 2. The van der Waals surface area contributed by atoms with E-state index in [-0.39, 0.29) is 23.1 Å². The summed E-state index contributed by atoms with van der Waals surface area (Å²) in [5.41, 5.74) is 4.30. The van der Waals surface area contributed by atoms with Crippen molar-refractivity contribution < 1.29 is 4.79 Å². The van der Waals surface area contributed by atoms with Gasteiger partial charge in [-0.25, -0.2) is 9.78 Å². The first kappa shape index (κ1) is 24.5. The quantitative estimate of drug-likeness (QED) is 0.313. The Hall–Kier alpha value is -3.64. The maximum atomic E-state index is 13.5. The van der Waals surface area contributed by atoms with Crippen LogP contribution in [0.25, 0.3) is 22.2 Å². The smallest absolute Gasteiger partial charge is 0.307 e. The molecule has 4 aromatic rings. The van der Waals surface area contributed by atoms with E-state index >= 15 is 0 Å². The molecule has 180 valence electrons. The number of urea groups is 1. The van der Waals surface area contributed by atoms with Crippen molar-refractivity contribution in [1.29, 1.82) is 0 Å². The Morgan fingerprint density at radius 1 is 0.886 bits per heavy atom. The van der Waals surface area contributed by atoms with Gasteiger partial charge < -0.3 is 10.6 Å². The molecule has 0 spiro atoms. The third-order valence-corrected chi connectivity index (χ3v) is 6.47. The lowest BCUT2D eigenvalue weighted by atomic mass is 9.93. The predicted molar refractivity (Wildman–Crippen MR) is 145 cm³/mol. The van der Waals surface area contributed by atoms with E-state index in [4.69, 9.17) is 11.6 Å². The molecule has 0 fully saturated rings. The second-order valence-corrected chi connectivity index (χ2v) is 9.58. The minimum atomic E-state index is -0.492. The number of aryl methyl sites for hydroxylation is 1. The summed E-state index contributed by atoms with van der Waals surface area (Å²) in [4.78, 5) is 31.2. The number of anilines is 2. The number of pyridine rings is 2. The Bertz CT molecular complexity index is 1450. The van der Waals surface area contributed by atoms with Crippen LogP contribution in [0.3, 0.4) is 0 Å². The lowest BCUT2D eigenvalue weighted by Gasteiger charge is -2.21. The Morgan fingerprint density at radius 2 is 1.51 bits per heavy atom. The number of amides is 2. The molecule has 35 heavy (non-hydrogen) atoms. The summed E-state index contributed by atoms with van der Waals surface area (Å²) in [6.07, 6.45) is 1.63. The van der Waals surface area contributed by atoms with Crippen molar-refractivity contribution >= 4 is 40.0 Å². The van der Waals surface area contributed by atoms with Crippen molar-refractivity contribution in [3.63, 3.8) is 0 Å². The van der Waals surface area contributed by atoms with Gasteiger partial charge in [0.15, 0.2) is 0 Å². The van der Waals surface area contributed by atoms with Crippen LogP contribution in [0.1, 0.15) is 50.7 Å². The lowest BCUT2D eigenvalue weighted by molar-refractivity contribution is 0.262. The summed E-state index contributed by atoms with van der Waals surface area (Å²) < 4.78 is 1.44. The van der Waals surface area contributed by atoms with E-state index in [1.807, 2.05) is 42.5 Å². The molecule has 2 N–H and O–H groups in total. The van der Waals surface area contributed by atoms with Gasteiger partial charge in [-0.15, -0.1) is 0 Å². The van der Waals surface area contributed by atoms with Crippen molar-refractivity contribution in [2.24, 2.45) is 7.05 Å². The van der Waals surface area contributed by atoms with Gasteiger partial charge in [-0.1, -0.05) is 75.7 Å². The SMILES string of the molecule is CC(C)c1cccc(C(C)C)c1NC(=O)Nc1c(-c2ccccc2Cl)c2cccnc2n(C)c1=O. The van der Waals surface area contributed by atoms with Crippen LogP contribution < -0.4 is 16.2 Å². The second kappa shape index (κ2) is 9.92. The van der Waals surface area contributed by atoms with E-state index in [0.717, 1.165) is 16.8 Å². The molecule has 0 aliphatic rings. The Balaban J connectivity index is 1.87. The highest BCUT2D eigenvalue weighted by atomic mass is 35.5. The number of carbonyl (C=O) groups is 1. The fourth-order valence-electron chi connectivity index (χ4n) is 4.38. The average Bonchev–Trinajstić information content (AvgIpc) is 2.83. The van der Waals surface area contributed by atoms with Crippen LogP contribution >= 0.6 is 11.6 Å². The molecule has 0 aliphatic heterocycles. The van der Waals surface area contributed by atoms with Gasteiger partial charge in [0.25, 0.3) is 5.56 Å². The number of hydrogen-bond donors (Lipinski definition) is 2. The number of benzene rings is 2. The van der Waals surface area contributed by atoms with E-state index < -0.39 is 6.03 Å². The minimum absolute atomic E-state index is 0.145. The van der Waals surface area contributed by atoms with Gasteiger partial charge in [-0.05, 0) is 41.2 Å². The molecule has 2 aromatic heterocycles. The number of carbonyl (C=O) groups excluding carboxylic acids is 1. The van der Waals surface area contributed by atoms with Crippen molar-refractivity contribution in [1.82, 2.24) is 9.55 Å². The Labute approximate surface area is 210 Å². The third-order valence-electron chi connectivity index (χ3n) is 6.14. The molecule has 0 saturated carbocycles. The van der Waals surface area contributed by atoms with Crippen LogP contribution in [0.4, 0.5) is 16.2 Å².